The first kappa shape index (κ1) is 11.9. The zero-order chi connectivity index (χ0) is 11.5. The summed E-state index contributed by atoms with van der Waals surface area (Å²) in [7, 11) is 0. The van der Waals surface area contributed by atoms with Gasteiger partial charge in [-0.1, -0.05) is 11.6 Å². The SMILES string of the molecule is CC(Nc1cnccc1Cl)c1sccc1Br. The second kappa shape index (κ2) is 5.17. The number of nitrogens with one attached hydrogen (secondary N) is 1. The first-order valence-electron chi connectivity index (χ1n) is 4.77. The van der Waals surface area contributed by atoms with Crippen LogP contribution >= 0.6 is 38.9 Å². The number of anilines is 1. The Bertz CT molecular complexity index is 486. The molecule has 2 rings (SSSR count). The van der Waals surface area contributed by atoms with E-state index in [0.717, 1.165) is 10.2 Å². The summed E-state index contributed by atoms with van der Waals surface area (Å²) in [5.41, 5.74) is 0.858. The summed E-state index contributed by atoms with van der Waals surface area (Å²) < 4.78 is 1.12. The number of halogens is 2. The molecule has 0 saturated carbocycles. The smallest absolute Gasteiger partial charge is 0.0721 e. The molecule has 1 N–H and O–H groups in total. The normalized spacial score (nSPS) is 12.4. The summed E-state index contributed by atoms with van der Waals surface area (Å²) in [6.07, 6.45) is 3.42. The van der Waals surface area contributed by atoms with E-state index in [9.17, 15) is 0 Å². The zero-order valence-corrected chi connectivity index (χ0v) is 11.7. The maximum absolute atomic E-state index is 6.06. The first-order valence-corrected chi connectivity index (χ1v) is 6.82. The van der Waals surface area contributed by atoms with Crippen LogP contribution in [0.4, 0.5) is 5.69 Å². The van der Waals surface area contributed by atoms with Crippen molar-refractivity contribution in [1.82, 2.24) is 4.98 Å². The molecule has 84 valence electrons. The van der Waals surface area contributed by atoms with E-state index in [-0.39, 0.29) is 6.04 Å². The van der Waals surface area contributed by atoms with E-state index in [2.05, 4.69) is 38.5 Å². The van der Waals surface area contributed by atoms with Gasteiger partial charge in [0.15, 0.2) is 0 Å². The van der Waals surface area contributed by atoms with Gasteiger partial charge in [0.05, 0.1) is 22.9 Å². The highest BCUT2D eigenvalue weighted by molar-refractivity contribution is 9.10. The number of hydrogen-bond acceptors (Lipinski definition) is 3. The zero-order valence-electron chi connectivity index (χ0n) is 8.58. The summed E-state index contributed by atoms with van der Waals surface area (Å²) in [6, 6.07) is 4.03. The topological polar surface area (TPSA) is 24.9 Å². The number of thiophene rings is 1. The number of aromatic nitrogens is 1. The predicted octanol–water partition coefficient (Wildman–Crippen LogP) is 4.73. The summed E-state index contributed by atoms with van der Waals surface area (Å²) in [5, 5.41) is 6.09. The Kier molecular flexibility index (Phi) is 3.84. The van der Waals surface area contributed by atoms with Gasteiger partial charge in [0.1, 0.15) is 0 Å². The molecule has 0 aromatic carbocycles. The van der Waals surface area contributed by atoms with Gasteiger partial charge in [0.2, 0.25) is 0 Å². The highest BCUT2D eigenvalue weighted by atomic mass is 79.9. The van der Waals surface area contributed by atoms with Crippen molar-refractivity contribution in [3.8, 4) is 0 Å². The fourth-order valence-corrected chi connectivity index (χ4v) is 3.28. The first-order chi connectivity index (χ1) is 7.68. The van der Waals surface area contributed by atoms with Crippen molar-refractivity contribution in [1.29, 1.82) is 0 Å². The Hall–Kier alpha value is -0.580. The minimum absolute atomic E-state index is 0.205. The van der Waals surface area contributed by atoms with Crippen LogP contribution in [0.5, 0.6) is 0 Å². The van der Waals surface area contributed by atoms with E-state index in [4.69, 9.17) is 11.6 Å². The summed E-state index contributed by atoms with van der Waals surface area (Å²) in [4.78, 5) is 5.30. The molecule has 0 bridgehead atoms. The lowest BCUT2D eigenvalue weighted by atomic mass is 10.2. The van der Waals surface area contributed by atoms with Crippen LogP contribution in [0.3, 0.4) is 0 Å². The molecule has 0 saturated heterocycles. The van der Waals surface area contributed by atoms with Gasteiger partial charge in [-0.25, -0.2) is 0 Å². The van der Waals surface area contributed by atoms with Crippen LogP contribution < -0.4 is 5.32 Å². The lowest BCUT2D eigenvalue weighted by Crippen LogP contribution is -2.06. The third-order valence-electron chi connectivity index (χ3n) is 2.18. The van der Waals surface area contributed by atoms with Crippen molar-refractivity contribution in [3.05, 3.63) is 44.3 Å². The molecule has 1 atom stereocenters. The molecule has 16 heavy (non-hydrogen) atoms. The molecular formula is C11H10BrClN2S. The van der Waals surface area contributed by atoms with Crippen LogP contribution in [0.25, 0.3) is 0 Å². The minimum Gasteiger partial charge on any atom is -0.375 e. The van der Waals surface area contributed by atoms with Gasteiger partial charge in [0, 0.05) is 15.5 Å². The Morgan fingerprint density at radius 3 is 2.94 bits per heavy atom. The molecule has 0 fully saturated rings. The Balaban J connectivity index is 2.17. The Labute approximate surface area is 112 Å². The van der Waals surface area contributed by atoms with Crippen molar-refractivity contribution in [2.24, 2.45) is 0 Å². The summed E-state index contributed by atoms with van der Waals surface area (Å²) in [5.74, 6) is 0. The molecule has 2 heterocycles. The van der Waals surface area contributed by atoms with E-state index in [1.807, 2.05) is 6.07 Å². The van der Waals surface area contributed by atoms with Crippen molar-refractivity contribution in [2.45, 2.75) is 13.0 Å². The average molecular weight is 318 g/mol. The molecule has 0 aliphatic heterocycles. The van der Waals surface area contributed by atoms with Gasteiger partial charge in [-0.05, 0) is 40.4 Å². The summed E-state index contributed by atoms with van der Waals surface area (Å²) in [6.45, 7) is 2.10. The monoisotopic (exact) mass is 316 g/mol. The minimum atomic E-state index is 0.205. The van der Waals surface area contributed by atoms with Crippen LogP contribution in [0, 0.1) is 0 Å². The number of nitrogens with zero attached hydrogens (tertiary/aromatic N) is 1. The third-order valence-corrected chi connectivity index (χ3v) is 4.56. The predicted molar refractivity (Wildman–Crippen MR) is 73.3 cm³/mol. The molecule has 1 unspecified atom stereocenters. The van der Waals surface area contributed by atoms with Crippen molar-refractivity contribution in [3.63, 3.8) is 0 Å². The molecule has 2 nitrogen and oxygen atoms in total. The molecule has 0 aliphatic rings. The van der Waals surface area contributed by atoms with Crippen molar-refractivity contribution < 1.29 is 0 Å². The van der Waals surface area contributed by atoms with Gasteiger partial charge < -0.3 is 5.32 Å². The molecule has 0 amide bonds. The number of rotatable bonds is 3. The fourth-order valence-electron chi connectivity index (χ4n) is 1.40. The highest BCUT2D eigenvalue weighted by Gasteiger charge is 2.11. The van der Waals surface area contributed by atoms with Crippen LogP contribution in [0.1, 0.15) is 17.8 Å². The molecule has 5 heteroatoms. The maximum Gasteiger partial charge on any atom is 0.0721 e. The van der Waals surface area contributed by atoms with Gasteiger partial charge >= 0.3 is 0 Å². The Morgan fingerprint density at radius 1 is 1.50 bits per heavy atom. The van der Waals surface area contributed by atoms with Gasteiger partial charge in [-0.15, -0.1) is 11.3 Å². The fraction of sp³-hybridized carbons (Fsp3) is 0.182. The molecule has 0 aliphatic carbocycles. The van der Waals surface area contributed by atoms with E-state index < -0.39 is 0 Å². The molecule has 0 spiro atoms. The molecule has 0 radical (unpaired) electrons. The number of pyridine rings is 1. The van der Waals surface area contributed by atoms with Crippen LogP contribution in [0.2, 0.25) is 5.02 Å². The Morgan fingerprint density at radius 2 is 2.31 bits per heavy atom. The average Bonchev–Trinajstić information content (AvgIpc) is 2.68. The highest BCUT2D eigenvalue weighted by Crippen LogP contribution is 2.32. The molecular weight excluding hydrogens is 308 g/mol. The van der Waals surface area contributed by atoms with Gasteiger partial charge in [0.25, 0.3) is 0 Å². The second-order valence-electron chi connectivity index (χ2n) is 3.35. The summed E-state index contributed by atoms with van der Waals surface area (Å²) >= 11 is 11.3. The standard InChI is InChI=1S/C11H10BrClN2S/c1-7(11-8(12)3-5-16-11)15-10-6-14-4-2-9(10)13/h2-7,15H,1H3. The lowest BCUT2D eigenvalue weighted by Gasteiger charge is -2.15. The van der Waals surface area contributed by atoms with Gasteiger partial charge in [-0.2, -0.15) is 0 Å². The van der Waals surface area contributed by atoms with E-state index >= 15 is 0 Å². The quantitative estimate of drug-likeness (QED) is 0.885. The van der Waals surface area contributed by atoms with Crippen molar-refractivity contribution >= 4 is 44.6 Å². The van der Waals surface area contributed by atoms with Gasteiger partial charge in [-0.3, -0.25) is 4.98 Å². The van der Waals surface area contributed by atoms with Crippen LogP contribution in [-0.2, 0) is 0 Å². The third kappa shape index (κ3) is 2.56. The van der Waals surface area contributed by atoms with Crippen LogP contribution in [-0.4, -0.2) is 4.98 Å². The number of hydrogen-bond donors (Lipinski definition) is 1. The van der Waals surface area contributed by atoms with E-state index in [1.165, 1.54) is 4.88 Å². The lowest BCUT2D eigenvalue weighted by molar-refractivity contribution is 0.901. The second-order valence-corrected chi connectivity index (χ2v) is 5.56. The molecule has 2 aromatic rings. The van der Waals surface area contributed by atoms with E-state index in [1.54, 1.807) is 29.8 Å². The largest absolute Gasteiger partial charge is 0.375 e. The van der Waals surface area contributed by atoms with Crippen LogP contribution in [0.15, 0.2) is 34.4 Å². The van der Waals surface area contributed by atoms with E-state index in [0.29, 0.717) is 5.02 Å². The molecule has 2 aromatic heterocycles. The maximum atomic E-state index is 6.06. The van der Waals surface area contributed by atoms with Crippen molar-refractivity contribution in [2.75, 3.05) is 5.32 Å².